The first kappa shape index (κ1) is 15.2. The molecule has 0 saturated carbocycles. The number of nitrogens with one attached hydrogen (secondary N) is 1. The molecule has 0 saturated heterocycles. The minimum absolute atomic E-state index is 0.0500. The number of carboxylic acid groups (broad SMARTS) is 1. The zero-order valence-corrected chi connectivity index (χ0v) is 12.0. The molecule has 1 heterocycles. The lowest BCUT2D eigenvalue weighted by Crippen LogP contribution is -2.43. The maximum atomic E-state index is 12.2. The van der Waals surface area contributed by atoms with Crippen molar-refractivity contribution in [2.45, 2.75) is 25.8 Å². The first-order valence-corrected chi connectivity index (χ1v) is 7.10. The minimum atomic E-state index is -0.905. The zero-order valence-electron chi connectivity index (χ0n) is 12.0. The van der Waals surface area contributed by atoms with E-state index >= 15 is 0 Å². The second-order valence-corrected chi connectivity index (χ2v) is 4.90. The summed E-state index contributed by atoms with van der Waals surface area (Å²) in [6.07, 6.45) is 0.658. The summed E-state index contributed by atoms with van der Waals surface area (Å²) in [5.74, 6) is -0.111. The monoisotopic (exact) mass is 292 g/mol. The Kier molecular flexibility index (Phi) is 5.03. The molecule has 2 N–H and O–H groups in total. The van der Waals surface area contributed by atoms with Crippen molar-refractivity contribution >= 4 is 12.0 Å². The standard InChI is InChI=1S/C15H20N2O4/c1-2-17(9-7-14(18)19)15(20)16-12-8-10-21-13-6-4-3-5-11(12)13/h3-6,12H,2,7-10H2,1H3,(H,16,20)(H,18,19). The van der Waals surface area contributed by atoms with Crippen LogP contribution in [0.25, 0.3) is 0 Å². The first-order valence-electron chi connectivity index (χ1n) is 7.10. The number of amides is 2. The number of hydrogen-bond donors (Lipinski definition) is 2. The van der Waals surface area contributed by atoms with E-state index in [1.807, 2.05) is 31.2 Å². The number of hydrogen-bond acceptors (Lipinski definition) is 3. The van der Waals surface area contributed by atoms with Gasteiger partial charge in [0.1, 0.15) is 5.75 Å². The zero-order chi connectivity index (χ0) is 15.2. The van der Waals surface area contributed by atoms with Gasteiger partial charge in [-0.05, 0) is 13.0 Å². The van der Waals surface area contributed by atoms with Crippen molar-refractivity contribution in [1.29, 1.82) is 0 Å². The molecule has 1 aromatic rings. The Labute approximate surface area is 123 Å². The molecular weight excluding hydrogens is 272 g/mol. The fourth-order valence-corrected chi connectivity index (χ4v) is 2.37. The highest BCUT2D eigenvalue weighted by atomic mass is 16.5. The van der Waals surface area contributed by atoms with Crippen LogP contribution in [0.4, 0.5) is 4.79 Å². The second-order valence-electron chi connectivity index (χ2n) is 4.90. The summed E-state index contributed by atoms with van der Waals surface area (Å²) < 4.78 is 5.56. The van der Waals surface area contributed by atoms with Crippen LogP contribution in [-0.4, -0.2) is 41.7 Å². The van der Waals surface area contributed by atoms with E-state index in [0.717, 1.165) is 11.3 Å². The molecule has 0 radical (unpaired) electrons. The van der Waals surface area contributed by atoms with Gasteiger partial charge in [-0.15, -0.1) is 0 Å². The van der Waals surface area contributed by atoms with Gasteiger partial charge in [0.2, 0.25) is 0 Å². The Hall–Kier alpha value is -2.24. The summed E-state index contributed by atoms with van der Waals surface area (Å²) in [6.45, 7) is 3.08. The maximum absolute atomic E-state index is 12.2. The third-order valence-electron chi connectivity index (χ3n) is 3.52. The Bertz CT molecular complexity index is 518. The fourth-order valence-electron chi connectivity index (χ4n) is 2.37. The number of carbonyl (C=O) groups is 2. The lowest BCUT2D eigenvalue weighted by Gasteiger charge is -2.29. The number of rotatable bonds is 5. The van der Waals surface area contributed by atoms with Crippen LogP contribution in [0.15, 0.2) is 24.3 Å². The van der Waals surface area contributed by atoms with Crippen molar-refractivity contribution in [3.05, 3.63) is 29.8 Å². The molecule has 1 aliphatic heterocycles. The first-order chi connectivity index (χ1) is 10.1. The number of carbonyl (C=O) groups excluding carboxylic acids is 1. The molecule has 0 fully saturated rings. The van der Waals surface area contributed by atoms with E-state index in [2.05, 4.69) is 5.32 Å². The van der Waals surface area contributed by atoms with E-state index in [9.17, 15) is 9.59 Å². The van der Waals surface area contributed by atoms with Gasteiger partial charge in [-0.2, -0.15) is 0 Å². The quantitative estimate of drug-likeness (QED) is 0.870. The summed E-state index contributed by atoms with van der Waals surface area (Å²) in [7, 11) is 0. The van der Waals surface area contributed by atoms with E-state index in [1.54, 1.807) is 0 Å². The van der Waals surface area contributed by atoms with Crippen LogP contribution in [0, 0.1) is 0 Å². The van der Waals surface area contributed by atoms with Crippen molar-refractivity contribution in [3.8, 4) is 5.75 Å². The van der Waals surface area contributed by atoms with Gasteiger partial charge in [-0.25, -0.2) is 4.79 Å². The molecule has 6 heteroatoms. The van der Waals surface area contributed by atoms with Gasteiger partial charge < -0.3 is 20.1 Å². The molecule has 1 aliphatic rings. The molecule has 2 amide bonds. The molecule has 0 bridgehead atoms. The van der Waals surface area contributed by atoms with Gasteiger partial charge in [-0.1, -0.05) is 18.2 Å². The van der Waals surface area contributed by atoms with Crippen molar-refractivity contribution in [2.75, 3.05) is 19.7 Å². The second kappa shape index (κ2) is 6.97. The number of nitrogens with zero attached hydrogens (tertiary/aromatic N) is 1. The van der Waals surface area contributed by atoms with E-state index in [0.29, 0.717) is 19.6 Å². The van der Waals surface area contributed by atoms with Gasteiger partial charge in [0.15, 0.2) is 0 Å². The topological polar surface area (TPSA) is 78.9 Å². The number of aliphatic carboxylic acids is 1. The molecule has 0 spiro atoms. The van der Waals surface area contributed by atoms with Crippen LogP contribution in [0.1, 0.15) is 31.4 Å². The smallest absolute Gasteiger partial charge is 0.317 e. The van der Waals surface area contributed by atoms with Crippen LogP contribution >= 0.6 is 0 Å². The Morgan fingerprint density at radius 2 is 2.19 bits per heavy atom. The average Bonchev–Trinajstić information content (AvgIpc) is 2.48. The minimum Gasteiger partial charge on any atom is -0.493 e. The summed E-state index contributed by atoms with van der Waals surface area (Å²) in [4.78, 5) is 24.4. The highest BCUT2D eigenvalue weighted by Gasteiger charge is 2.24. The molecule has 114 valence electrons. The van der Waals surface area contributed by atoms with E-state index < -0.39 is 5.97 Å². The predicted octanol–water partition coefficient (Wildman–Crippen LogP) is 2.02. The van der Waals surface area contributed by atoms with Crippen LogP contribution in [0.5, 0.6) is 5.75 Å². The number of para-hydroxylation sites is 1. The number of urea groups is 1. The van der Waals surface area contributed by atoms with Gasteiger partial charge in [-0.3, -0.25) is 4.79 Å². The van der Waals surface area contributed by atoms with Gasteiger partial charge in [0.25, 0.3) is 0 Å². The SMILES string of the molecule is CCN(CCC(=O)O)C(=O)NC1CCOc2ccccc21. The molecule has 1 aromatic carbocycles. The molecule has 6 nitrogen and oxygen atoms in total. The Morgan fingerprint density at radius 3 is 2.90 bits per heavy atom. The normalized spacial score (nSPS) is 16.5. The Morgan fingerprint density at radius 1 is 1.43 bits per heavy atom. The average molecular weight is 292 g/mol. The van der Waals surface area contributed by atoms with Crippen molar-refractivity contribution in [2.24, 2.45) is 0 Å². The van der Waals surface area contributed by atoms with Gasteiger partial charge >= 0.3 is 12.0 Å². The van der Waals surface area contributed by atoms with Crippen LogP contribution < -0.4 is 10.1 Å². The lowest BCUT2D eigenvalue weighted by molar-refractivity contribution is -0.137. The molecular formula is C15H20N2O4. The predicted molar refractivity (Wildman–Crippen MR) is 77.3 cm³/mol. The maximum Gasteiger partial charge on any atom is 0.317 e. The van der Waals surface area contributed by atoms with Crippen LogP contribution in [0.2, 0.25) is 0 Å². The van der Waals surface area contributed by atoms with Crippen molar-refractivity contribution < 1.29 is 19.4 Å². The number of ether oxygens (including phenoxy) is 1. The summed E-state index contributed by atoms with van der Waals surface area (Å²) >= 11 is 0. The third kappa shape index (κ3) is 3.87. The van der Waals surface area contributed by atoms with E-state index in [4.69, 9.17) is 9.84 Å². The van der Waals surface area contributed by atoms with Crippen LogP contribution in [-0.2, 0) is 4.79 Å². The van der Waals surface area contributed by atoms with Crippen molar-refractivity contribution in [3.63, 3.8) is 0 Å². The summed E-state index contributed by atoms with van der Waals surface area (Å²) in [6, 6.07) is 7.30. The fraction of sp³-hybridized carbons (Fsp3) is 0.467. The van der Waals surface area contributed by atoms with Gasteiger partial charge in [0.05, 0.1) is 19.1 Å². The van der Waals surface area contributed by atoms with Crippen molar-refractivity contribution in [1.82, 2.24) is 10.2 Å². The lowest BCUT2D eigenvalue weighted by atomic mass is 10.0. The summed E-state index contributed by atoms with van der Waals surface area (Å²) in [5.41, 5.74) is 0.964. The van der Waals surface area contributed by atoms with Gasteiger partial charge in [0, 0.05) is 25.1 Å². The molecule has 0 aliphatic carbocycles. The number of fused-ring (bicyclic) bond motifs is 1. The van der Waals surface area contributed by atoms with E-state index in [1.165, 1.54) is 4.90 Å². The highest BCUT2D eigenvalue weighted by Crippen LogP contribution is 2.31. The van der Waals surface area contributed by atoms with Crippen LogP contribution in [0.3, 0.4) is 0 Å². The summed E-state index contributed by atoms with van der Waals surface area (Å²) in [5, 5.41) is 11.7. The van der Waals surface area contributed by atoms with E-state index in [-0.39, 0.29) is 25.0 Å². The number of carboxylic acids is 1. The number of benzene rings is 1. The molecule has 21 heavy (non-hydrogen) atoms. The molecule has 2 rings (SSSR count). The highest BCUT2D eigenvalue weighted by molar-refractivity contribution is 5.76. The third-order valence-corrected chi connectivity index (χ3v) is 3.52. The largest absolute Gasteiger partial charge is 0.493 e. The Balaban J connectivity index is 2.01. The molecule has 1 atom stereocenters. The molecule has 0 aromatic heterocycles. The molecule has 1 unspecified atom stereocenters.